The number of ether oxygens (including phenoxy) is 1. The van der Waals surface area contributed by atoms with Crippen LogP contribution < -0.4 is 4.90 Å². The Morgan fingerprint density at radius 3 is 2.21 bits per heavy atom. The van der Waals surface area contributed by atoms with Crippen molar-refractivity contribution in [3.63, 3.8) is 0 Å². The van der Waals surface area contributed by atoms with Crippen LogP contribution in [0.1, 0.15) is 15.9 Å². The molecule has 0 radical (unpaired) electrons. The van der Waals surface area contributed by atoms with Crippen LogP contribution in [0.4, 0.5) is 10.5 Å². The summed E-state index contributed by atoms with van der Waals surface area (Å²) in [7, 11) is 0. The Balaban J connectivity index is 1.61. The molecule has 0 aliphatic carbocycles. The number of nitrogens with zero attached hydrogens (tertiary/aromatic N) is 1. The molecule has 0 bridgehead atoms. The van der Waals surface area contributed by atoms with E-state index in [9.17, 15) is 9.59 Å². The molecule has 0 atom stereocenters. The van der Waals surface area contributed by atoms with Crippen molar-refractivity contribution < 1.29 is 14.3 Å². The molecular formula is C23H17NO3S. The first kappa shape index (κ1) is 18.1. The predicted molar refractivity (Wildman–Crippen MR) is 110 cm³/mol. The summed E-state index contributed by atoms with van der Waals surface area (Å²) in [5.41, 5.74) is 2.19. The smallest absolute Gasteiger partial charge is 0.418 e. The van der Waals surface area contributed by atoms with Crippen molar-refractivity contribution in [2.75, 3.05) is 4.90 Å². The Hall–Kier alpha value is -3.31. The molecule has 4 rings (SSSR count). The summed E-state index contributed by atoms with van der Waals surface area (Å²) in [6, 6.07) is 26.0. The third kappa shape index (κ3) is 3.85. The molecule has 4 nitrogen and oxygen atoms in total. The normalized spacial score (nSPS) is 12.7. The molecule has 0 spiro atoms. The Bertz CT molecular complexity index is 1030. The highest BCUT2D eigenvalue weighted by molar-refractivity contribution is 8.04. The van der Waals surface area contributed by atoms with Crippen LogP contribution in [-0.4, -0.2) is 11.9 Å². The topological polar surface area (TPSA) is 46.6 Å². The van der Waals surface area contributed by atoms with Gasteiger partial charge in [0.25, 0.3) is 0 Å². The Kier molecular flexibility index (Phi) is 5.26. The fraction of sp³-hybridized carbons (Fsp3) is 0.0435. The van der Waals surface area contributed by atoms with Crippen molar-refractivity contribution in [3.8, 4) is 0 Å². The van der Waals surface area contributed by atoms with Gasteiger partial charge in [-0.15, -0.1) is 0 Å². The van der Waals surface area contributed by atoms with E-state index in [1.165, 1.54) is 16.7 Å². The summed E-state index contributed by atoms with van der Waals surface area (Å²) >= 11 is 1.36. The molecule has 0 fully saturated rings. The third-order valence-corrected chi connectivity index (χ3v) is 5.33. The fourth-order valence-corrected chi connectivity index (χ4v) is 3.87. The molecule has 0 N–H and O–H groups in total. The highest BCUT2D eigenvalue weighted by atomic mass is 32.2. The van der Waals surface area contributed by atoms with Gasteiger partial charge in [0.2, 0.25) is 5.78 Å². The quantitative estimate of drug-likeness (QED) is 0.542. The minimum atomic E-state index is -0.519. The number of para-hydroxylation sites is 1. The number of carbonyl (C=O) groups excluding carboxylic acids is 2. The molecule has 3 aromatic rings. The summed E-state index contributed by atoms with van der Waals surface area (Å²) < 4.78 is 5.48. The highest BCUT2D eigenvalue weighted by Gasteiger charge is 2.27. The van der Waals surface area contributed by atoms with Crippen molar-refractivity contribution in [2.45, 2.75) is 11.5 Å². The van der Waals surface area contributed by atoms with Crippen LogP contribution in [0.5, 0.6) is 0 Å². The van der Waals surface area contributed by atoms with E-state index in [-0.39, 0.29) is 12.4 Å². The second kappa shape index (κ2) is 8.15. The summed E-state index contributed by atoms with van der Waals surface area (Å²) in [6.07, 6.45) is 1.05. The zero-order valence-corrected chi connectivity index (χ0v) is 15.8. The van der Waals surface area contributed by atoms with Gasteiger partial charge in [0, 0.05) is 16.7 Å². The van der Waals surface area contributed by atoms with Gasteiger partial charge in [0.1, 0.15) is 6.61 Å². The van der Waals surface area contributed by atoms with E-state index in [0.717, 1.165) is 10.5 Å². The number of allylic oxidation sites excluding steroid dienone is 1. The summed E-state index contributed by atoms with van der Waals surface area (Å²) in [4.78, 5) is 28.4. The molecular weight excluding hydrogens is 370 g/mol. The summed E-state index contributed by atoms with van der Waals surface area (Å²) in [6.45, 7) is 0.168. The van der Waals surface area contributed by atoms with E-state index in [2.05, 4.69) is 0 Å². The van der Waals surface area contributed by atoms with Gasteiger partial charge in [-0.05, 0) is 17.7 Å². The van der Waals surface area contributed by atoms with Gasteiger partial charge >= 0.3 is 6.09 Å². The molecule has 5 heteroatoms. The average Bonchev–Trinajstić information content (AvgIpc) is 2.77. The Morgan fingerprint density at radius 2 is 1.46 bits per heavy atom. The number of ketones is 1. The van der Waals surface area contributed by atoms with Crippen LogP contribution in [-0.2, 0) is 11.3 Å². The Morgan fingerprint density at radius 1 is 0.821 bits per heavy atom. The van der Waals surface area contributed by atoms with E-state index in [1.54, 1.807) is 18.3 Å². The number of amides is 1. The van der Waals surface area contributed by atoms with Gasteiger partial charge in [-0.1, -0.05) is 84.6 Å². The molecule has 28 heavy (non-hydrogen) atoms. The van der Waals surface area contributed by atoms with Crippen molar-refractivity contribution in [1.29, 1.82) is 0 Å². The molecule has 138 valence electrons. The van der Waals surface area contributed by atoms with Crippen molar-refractivity contribution in [2.24, 2.45) is 0 Å². The van der Waals surface area contributed by atoms with E-state index in [4.69, 9.17) is 4.74 Å². The van der Waals surface area contributed by atoms with Gasteiger partial charge in [-0.3, -0.25) is 9.69 Å². The number of Topliss-reactive ketones (excluding diaryl/α,β-unsaturated/α-hetero) is 1. The molecule has 1 amide bonds. The molecule has 0 aromatic heterocycles. The predicted octanol–water partition coefficient (Wildman–Crippen LogP) is 5.66. The molecule has 3 aromatic carbocycles. The lowest BCUT2D eigenvalue weighted by Crippen LogP contribution is -2.29. The Labute approximate surface area is 167 Å². The van der Waals surface area contributed by atoms with Gasteiger partial charge in [-0.2, -0.15) is 0 Å². The first-order valence-corrected chi connectivity index (χ1v) is 9.62. The van der Waals surface area contributed by atoms with Crippen molar-refractivity contribution in [1.82, 2.24) is 0 Å². The number of anilines is 1. The second-order valence-electron chi connectivity index (χ2n) is 6.17. The van der Waals surface area contributed by atoms with Gasteiger partial charge in [0.05, 0.1) is 10.6 Å². The first-order chi connectivity index (χ1) is 13.7. The number of fused-ring (bicyclic) bond motifs is 1. The second-order valence-corrected chi connectivity index (χ2v) is 7.25. The maximum atomic E-state index is 12.9. The number of benzene rings is 3. The molecule has 0 saturated heterocycles. The minimum absolute atomic E-state index is 0.124. The van der Waals surface area contributed by atoms with Crippen LogP contribution >= 0.6 is 11.8 Å². The maximum Gasteiger partial charge on any atom is 0.418 e. The van der Waals surface area contributed by atoms with Crippen LogP contribution in [0.15, 0.2) is 101 Å². The summed E-state index contributed by atoms with van der Waals surface area (Å²) in [5.74, 6) is -0.124. The molecule has 1 aliphatic rings. The minimum Gasteiger partial charge on any atom is -0.444 e. The highest BCUT2D eigenvalue weighted by Crippen LogP contribution is 2.41. The number of thioether (sulfide) groups is 1. The molecule has 1 heterocycles. The van der Waals surface area contributed by atoms with Crippen LogP contribution in [0.2, 0.25) is 0 Å². The van der Waals surface area contributed by atoms with E-state index >= 15 is 0 Å². The SMILES string of the molecule is O=C(C1=CN(C(=O)OCc2ccccc2)c2ccccc2S1)c1ccccc1. The van der Waals surface area contributed by atoms with E-state index in [1.807, 2.05) is 72.8 Å². The van der Waals surface area contributed by atoms with E-state index in [0.29, 0.717) is 16.2 Å². The fourth-order valence-electron chi connectivity index (χ4n) is 2.85. The lowest BCUT2D eigenvalue weighted by atomic mass is 10.1. The van der Waals surface area contributed by atoms with Crippen molar-refractivity contribution in [3.05, 3.63) is 107 Å². The monoisotopic (exact) mass is 387 g/mol. The summed E-state index contributed by atoms with van der Waals surface area (Å²) in [5, 5.41) is 0. The first-order valence-electron chi connectivity index (χ1n) is 8.81. The van der Waals surface area contributed by atoms with Gasteiger partial charge < -0.3 is 4.74 Å². The zero-order valence-electron chi connectivity index (χ0n) is 14.9. The largest absolute Gasteiger partial charge is 0.444 e. The third-order valence-electron chi connectivity index (χ3n) is 4.25. The standard InChI is InChI=1S/C23H17NO3S/c25-22(18-11-5-2-6-12-18)21-15-24(19-13-7-8-14-20(19)28-21)23(26)27-16-17-9-3-1-4-10-17/h1-15H,16H2. The average molecular weight is 387 g/mol. The van der Waals surface area contributed by atoms with Gasteiger partial charge in [-0.25, -0.2) is 4.79 Å². The molecule has 1 aliphatic heterocycles. The van der Waals surface area contributed by atoms with E-state index < -0.39 is 6.09 Å². The number of rotatable bonds is 4. The van der Waals surface area contributed by atoms with Gasteiger partial charge in [0.15, 0.2) is 0 Å². The number of carbonyl (C=O) groups is 2. The molecule has 0 saturated carbocycles. The van der Waals surface area contributed by atoms with Crippen LogP contribution in [0.25, 0.3) is 0 Å². The lowest BCUT2D eigenvalue weighted by Gasteiger charge is -2.26. The van der Waals surface area contributed by atoms with Crippen molar-refractivity contribution >= 4 is 29.3 Å². The lowest BCUT2D eigenvalue weighted by molar-refractivity contribution is 0.104. The van der Waals surface area contributed by atoms with Crippen LogP contribution in [0.3, 0.4) is 0 Å². The zero-order chi connectivity index (χ0) is 19.3. The number of hydrogen-bond donors (Lipinski definition) is 0. The molecule has 0 unspecified atom stereocenters. The maximum absolute atomic E-state index is 12.9. The number of hydrogen-bond acceptors (Lipinski definition) is 4. The van der Waals surface area contributed by atoms with Crippen LogP contribution in [0, 0.1) is 0 Å².